The van der Waals surface area contributed by atoms with Gasteiger partial charge in [0, 0.05) is 33.1 Å². The molecule has 8 aromatic rings. The predicted molar refractivity (Wildman–Crippen MR) is 179 cm³/mol. The summed E-state index contributed by atoms with van der Waals surface area (Å²) >= 11 is 0. The number of benzene rings is 4. The predicted octanol–water partition coefficient (Wildman–Crippen LogP) is 7.60. The van der Waals surface area contributed by atoms with Gasteiger partial charge in [0.05, 0.1) is 22.3 Å². The molecule has 1 aliphatic carbocycles. The molecular weight excluding hydrogens is 538 g/mol. The summed E-state index contributed by atoms with van der Waals surface area (Å²) in [5.74, 6) is 0. The Balaban J connectivity index is 1.30. The van der Waals surface area contributed by atoms with Crippen molar-refractivity contribution in [3.8, 4) is 33.9 Å². The van der Waals surface area contributed by atoms with Gasteiger partial charge in [-0.3, -0.25) is 0 Å². The van der Waals surface area contributed by atoms with Crippen molar-refractivity contribution in [2.45, 2.75) is 12.8 Å². The largest absolute Gasteiger partial charge is 0.306 e. The SMILES string of the molecule is C1=c2c(n(-c3ccccc3)c3c2nnc2c4ccccc4n(-c4ccc(-c5cccc(-c6ccccc6)n5)cc4)c23)=CCC1. The monoisotopic (exact) mass is 565 g/mol. The van der Waals surface area contributed by atoms with Crippen LogP contribution < -0.4 is 10.6 Å². The Morgan fingerprint density at radius 1 is 0.477 bits per heavy atom. The smallest absolute Gasteiger partial charge is 0.121 e. The highest BCUT2D eigenvalue weighted by molar-refractivity contribution is 6.15. The van der Waals surface area contributed by atoms with Crippen LogP contribution in [0.5, 0.6) is 0 Å². The molecule has 4 heterocycles. The molecule has 0 N–H and O–H groups in total. The van der Waals surface area contributed by atoms with Gasteiger partial charge in [-0.2, -0.15) is 0 Å². The third-order valence-corrected chi connectivity index (χ3v) is 8.65. The van der Waals surface area contributed by atoms with Crippen molar-refractivity contribution in [1.29, 1.82) is 0 Å². The summed E-state index contributed by atoms with van der Waals surface area (Å²) in [6, 6.07) is 44.4. The van der Waals surface area contributed by atoms with Crippen molar-refractivity contribution < 1.29 is 0 Å². The van der Waals surface area contributed by atoms with E-state index in [2.05, 4.69) is 130 Å². The van der Waals surface area contributed by atoms with E-state index in [0.29, 0.717) is 0 Å². The molecule has 0 saturated heterocycles. The van der Waals surface area contributed by atoms with Gasteiger partial charge in [0.2, 0.25) is 0 Å². The highest BCUT2D eigenvalue weighted by atomic mass is 15.2. The van der Waals surface area contributed by atoms with Gasteiger partial charge in [0.15, 0.2) is 0 Å². The average Bonchev–Trinajstić information content (AvgIpc) is 3.62. The van der Waals surface area contributed by atoms with Gasteiger partial charge >= 0.3 is 0 Å². The first kappa shape index (κ1) is 24.8. The van der Waals surface area contributed by atoms with Gasteiger partial charge in [0.1, 0.15) is 22.1 Å². The first-order valence-corrected chi connectivity index (χ1v) is 15.0. The second-order valence-corrected chi connectivity index (χ2v) is 11.2. The third kappa shape index (κ3) is 3.76. The molecular formula is C39H27N5. The summed E-state index contributed by atoms with van der Waals surface area (Å²) in [6.45, 7) is 0. The van der Waals surface area contributed by atoms with Gasteiger partial charge < -0.3 is 9.13 Å². The third-order valence-electron chi connectivity index (χ3n) is 8.65. The van der Waals surface area contributed by atoms with Crippen LogP contribution in [-0.2, 0) is 0 Å². The first-order valence-electron chi connectivity index (χ1n) is 15.0. The van der Waals surface area contributed by atoms with Crippen LogP contribution in [0.4, 0.5) is 0 Å². The highest BCUT2D eigenvalue weighted by Crippen LogP contribution is 2.35. The average molecular weight is 566 g/mol. The van der Waals surface area contributed by atoms with E-state index in [9.17, 15) is 0 Å². The maximum Gasteiger partial charge on any atom is 0.121 e. The maximum atomic E-state index is 4.99. The van der Waals surface area contributed by atoms with E-state index in [-0.39, 0.29) is 0 Å². The number of nitrogens with zero attached hydrogens (tertiary/aromatic N) is 5. The van der Waals surface area contributed by atoms with Crippen molar-refractivity contribution in [2.24, 2.45) is 0 Å². The van der Waals surface area contributed by atoms with Crippen LogP contribution in [0, 0.1) is 0 Å². The van der Waals surface area contributed by atoms with Crippen molar-refractivity contribution >= 4 is 45.1 Å². The second kappa shape index (κ2) is 9.89. The summed E-state index contributed by atoms with van der Waals surface area (Å²) < 4.78 is 4.73. The quantitative estimate of drug-likeness (QED) is 0.221. The van der Waals surface area contributed by atoms with Gasteiger partial charge in [-0.15, -0.1) is 10.2 Å². The summed E-state index contributed by atoms with van der Waals surface area (Å²) in [6.07, 6.45) is 6.67. The Kier molecular flexibility index (Phi) is 5.56. The molecule has 9 rings (SSSR count). The van der Waals surface area contributed by atoms with Crippen molar-refractivity contribution in [2.75, 3.05) is 0 Å². The number of hydrogen-bond acceptors (Lipinski definition) is 3. The van der Waals surface area contributed by atoms with E-state index in [4.69, 9.17) is 15.2 Å². The van der Waals surface area contributed by atoms with Gasteiger partial charge in [-0.25, -0.2) is 4.98 Å². The molecule has 0 amide bonds. The van der Waals surface area contributed by atoms with E-state index in [1.165, 1.54) is 10.6 Å². The molecule has 208 valence electrons. The Morgan fingerprint density at radius 3 is 1.89 bits per heavy atom. The minimum Gasteiger partial charge on any atom is -0.306 e. The lowest BCUT2D eigenvalue weighted by atomic mass is 10.1. The molecule has 4 aromatic carbocycles. The molecule has 0 unspecified atom stereocenters. The molecule has 5 heteroatoms. The Hall–Kier alpha value is -5.81. The van der Waals surface area contributed by atoms with Crippen LogP contribution in [0.1, 0.15) is 12.8 Å². The standard InChI is InChI=1S/C39H27N5/c1-3-12-26(13-4-1)32-18-11-19-33(40-32)27-22-24-29(25-23-27)44-35-21-10-8-17-31(35)37-39(44)38-36(41-42-37)30-16-7-9-20-34(30)43(38)28-14-5-2-6-15-28/h1-6,8,10-25H,7,9H2. The number of para-hydroxylation sites is 2. The molecule has 0 spiro atoms. The van der Waals surface area contributed by atoms with Gasteiger partial charge in [0.25, 0.3) is 0 Å². The van der Waals surface area contributed by atoms with E-state index in [1.54, 1.807) is 0 Å². The lowest BCUT2D eigenvalue weighted by Crippen LogP contribution is -2.30. The molecule has 0 aliphatic heterocycles. The maximum absolute atomic E-state index is 4.99. The fraction of sp³-hybridized carbons (Fsp3) is 0.0513. The van der Waals surface area contributed by atoms with Gasteiger partial charge in [-0.1, -0.05) is 97.1 Å². The fourth-order valence-electron chi connectivity index (χ4n) is 6.67. The van der Waals surface area contributed by atoms with Crippen LogP contribution >= 0.6 is 0 Å². The van der Waals surface area contributed by atoms with E-state index < -0.39 is 0 Å². The Bertz CT molecular complexity index is 2470. The van der Waals surface area contributed by atoms with E-state index in [1.807, 2.05) is 18.2 Å². The van der Waals surface area contributed by atoms with Crippen molar-refractivity contribution in [1.82, 2.24) is 24.3 Å². The molecule has 4 aromatic heterocycles. The van der Waals surface area contributed by atoms with Crippen LogP contribution in [0.15, 0.2) is 127 Å². The highest BCUT2D eigenvalue weighted by Gasteiger charge is 2.22. The molecule has 0 fully saturated rings. The molecule has 44 heavy (non-hydrogen) atoms. The summed E-state index contributed by atoms with van der Waals surface area (Å²) in [5, 5.41) is 13.2. The number of pyridine rings is 1. The Labute approximate surface area is 253 Å². The number of aromatic nitrogens is 5. The summed E-state index contributed by atoms with van der Waals surface area (Å²) in [7, 11) is 0. The zero-order valence-electron chi connectivity index (χ0n) is 23.9. The minimum atomic E-state index is 0.904. The molecule has 0 bridgehead atoms. The van der Waals surface area contributed by atoms with Gasteiger partial charge in [-0.05, 0) is 55.3 Å². The zero-order chi connectivity index (χ0) is 29.0. The van der Waals surface area contributed by atoms with Crippen molar-refractivity contribution in [3.63, 3.8) is 0 Å². The normalized spacial score (nSPS) is 12.7. The van der Waals surface area contributed by atoms with Crippen LogP contribution in [0.3, 0.4) is 0 Å². The minimum absolute atomic E-state index is 0.904. The van der Waals surface area contributed by atoms with Crippen LogP contribution in [-0.4, -0.2) is 24.3 Å². The second-order valence-electron chi connectivity index (χ2n) is 11.2. The number of rotatable bonds is 4. The molecule has 0 radical (unpaired) electrons. The Morgan fingerprint density at radius 2 is 1.09 bits per heavy atom. The van der Waals surface area contributed by atoms with Crippen molar-refractivity contribution in [3.05, 3.63) is 138 Å². The molecule has 0 atom stereocenters. The number of hydrogen-bond donors (Lipinski definition) is 0. The van der Waals surface area contributed by atoms with Crippen LogP contribution in [0.2, 0.25) is 0 Å². The summed E-state index contributed by atoms with van der Waals surface area (Å²) in [5.41, 5.74) is 11.4. The van der Waals surface area contributed by atoms with E-state index in [0.717, 1.165) is 79.7 Å². The summed E-state index contributed by atoms with van der Waals surface area (Å²) in [4.78, 5) is 4.99. The zero-order valence-corrected chi connectivity index (χ0v) is 23.9. The molecule has 5 nitrogen and oxygen atoms in total. The fourth-order valence-corrected chi connectivity index (χ4v) is 6.67. The molecule has 1 aliphatic rings. The topological polar surface area (TPSA) is 48.5 Å². The lowest BCUT2D eigenvalue weighted by molar-refractivity contribution is 1.02. The number of fused-ring (bicyclic) bond motifs is 7. The first-order chi connectivity index (χ1) is 21.8. The van der Waals surface area contributed by atoms with E-state index >= 15 is 0 Å². The van der Waals surface area contributed by atoms with Crippen LogP contribution in [0.25, 0.3) is 79.0 Å². The molecule has 0 saturated carbocycles. The lowest BCUT2D eigenvalue weighted by Gasteiger charge is -2.12.